The number of aryl methyl sites for hydroxylation is 1. The summed E-state index contributed by atoms with van der Waals surface area (Å²) in [6, 6.07) is 14.4. The molecule has 24 heavy (non-hydrogen) atoms. The van der Waals surface area contributed by atoms with Gasteiger partial charge in [-0.1, -0.05) is 36.8 Å². The Balaban J connectivity index is 1.89. The molecule has 0 aliphatic rings. The van der Waals surface area contributed by atoms with Crippen LogP contribution in [0.1, 0.15) is 30.5 Å². The van der Waals surface area contributed by atoms with Crippen LogP contribution in [-0.4, -0.2) is 16.6 Å². The molecule has 0 spiro atoms. The Hall–Kier alpha value is -2.34. The minimum absolute atomic E-state index is 0.00411. The largest absolute Gasteiger partial charge is 0.349 e. The van der Waals surface area contributed by atoms with E-state index in [0.29, 0.717) is 0 Å². The Morgan fingerprint density at radius 1 is 1.17 bits per heavy atom. The molecule has 126 valence electrons. The van der Waals surface area contributed by atoms with Gasteiger partial charge in [-0.25, -0.2) is 0 Å². The lowest BCUT2D eigenvalue weighted by Gasteiger charge is -2.17. The molecular formula is C18H20N2O3S. The van der Waals surface area contributed by atoms with E-state index in [2.05, 4.69) is 5.32 Å². The predicted octanol–water partition coefficient (Wildman–Crippen LogP) is 4.26. The topological polar surface area (TPSA) is 72.2 Å². The number of nitro benzene ring substituents is 1. The summed E-state index contributed by atoms with van der Waals surface area (Å²) in [5.74, 6) is 0.228. The Kier molecular flexibility index (Phi) is 6.37. The van der Waals surface area contributed by atoms with Crippen LogP contribution >= 0.6 is 11.8 Å². The molecular weight excluding hydrogens is 324 g/mol. The molecule has 2 rings (SSSR count). The number of benzene rings is 2. The van der Waals surface area contributed by atoms with Crippen molar-refractivity contribution in [2.75, 3.05) is 5.75 Å². The second kappa shape index (κ2) is 8.49. The SMILES string of the molecule is CCC(NC(=O)CSc1ccc([N+](=O)[O-])cc1)c1ccc(C)cc1. The first kappa shape index (κ1) is 18.0. The number of rotatable bonds is 7. The van der Waals surface area contributed by atoms with Crippen LogP contribution in [0.25, 0.3) is 0 Å². The summed E-state index contributed by atoms with van der Waals surface area (Å²) >= 11 is 1.36. The normalized spacial score (nSPS) is 11.8. The van der Waals surface area contributed by atoms with Gasteiger partial charge in [-0.15, -0.1) is 11.8 Å². The van der Waals surface area contributed by atoms with E-state index in [0.717, 1.165) is 16.9 Å². The summed E-state index contributed by atoms with van der Waals surface area (Å²) in [4.78, 5) is 23.2. The lowest BCUT2D eigenvalue weighted by molar-refractivity contribution is -0.384. The minimum Gasteiger partial charge on any atom is -0.349 e. The summed E-state index contributed by atoms with van der Waals surface area (Å²) in [6.07, 6.45) is 0.816. The predicted molar refractivity (Wildman–Crippen MR) is 96.2 cm³/mol. The lowest BCUT2D eigenvalue weighted by Crippen LogP contribution is -2.29. The molecule has 0 saturated heterocycles. The number of amides is 1. The molecule has 1 amide bonds. The first-order chi connectivity index (χ1) is 11.5. The van der Waals surface area contributed by atoms with Gasteiger partial charge in [-0.3, -0.25) is 14.9 Å². The number of hydrogen-bond acceptors (Lipinski definition) is 4. The van der Waals surface area contributed by atoms with Crippen molar-refractivity contribution in [3.05, 3.63) is 69.8 Å². The third kappa shape index (κ3) is 5.09. The molecule has 1 atom stereocenters. The molecule has 6 heteroatoms. The summed E-state index contributed by atoms with van der Waals surface area (Å²) in [7, 11) is 0. The van der Waals surface area contributed by atoms with E-state index in [1.807, 2.05) is 38.1 Å². The van der Waals surface area contributed by atoms with Gasteiger partial charge in [0.25, 0.3) is 5.69 Å². The smallest absolute Gasteiger partial charge is 0.269 e. The first-order valence-corrected chi connectivity index (χ1v) is 8.71. The maximum absolute atomic E-state index is 12.2. The zero-order valence-electron chi connectivity index (χ0n) is 13.7. The number of thioether (sulfide) groups is 1. The number of non-ortho nitro benzene ring substituents is 1. The van der Waals surface area contributed by atoms with Crippen molar-refractivity contribution in [2.45, 2.75) is 31.2 Å². The van der Waals surface area contributed by atoms with Gasteiger partial charge < -0.3 is 5.32 Å². The summed E-state index contributed by atoms with van der Waals surface area (Å²) in [6.45, 7) is 4.07. The highest BCUT2D eigenvalue weighted by Crippen LogP contribution is 2.22. The van der Waals surface area contributed by atoms with Crippen molar-refractivity contribution in [2.24, 2.45) is 0 Å². The molecule has 2 aromatic rings. The maximum Gasteiger partial charge on any atom is 0.269 e. The van der Waals surface area contributed by atoms with Gasteiger partial charge >= 0.3 is 0 Å². The molecule has 1 unspecified atom stereocenters. The molecule has 0 fully saturated rings. The van der Waals surface area contributed by atoms with Crippen LogP contribution in [0.4, 0.5) is 5.69 Å². The second-order valence-corrected chi connectivity index (χ2v) is 6.53. The maximum atomic E-state index is 12.2. The van der Waals surface area contributed by atoms with E-state index in [1.54, 1.807) is 12.1 Å². The molecule has 0 saturated carbocycles. The summed E-state index contributed by atoms with van der Waals surface area (Å²) < 4.78 is 0. The summed E-state index contributed by atoms with van der Waals surface area (Å²) in [5.41, 5.74) is 2.33. The molecule has 0 aliphatic carbocycles. The zero-order chi connectivity index (χ0) is 17.5. The molecule has 0 bridgehead atoms. The summed E-state index contributed by atoms with van der Waals surface area (Å²) in [5, 5.41) is 13.7. The van der Waals surface area contributed by atoms with Crippen LogP contribution in [0.3, 0.4) is 0 Å². The van der Waals surface area contributed by atoms with Gasteiger partial charge in [-0.05, 0) is 31.0 Å². The molecule has 5 nitrogen and oxygen atoms in total. The number of nitro groups is 1. The van der Waals surface area contributed by atoms with Crippen molar-refractivity contribution >= 4 is 23.4 Å². The monoisotopic (exact) mass is 344 g/mol. The lowest BCUT2D eigenvalue weighted by atomic mass is 10.0. The Morgan fingerprint density at radius 2 is 1.79 bits per heavy atom. The number of nitrogens with one attached hydrogen (secondary N) is 1. The minimum atomic E-state index is -0.436. The van der Waals surface area contributed by atoms with E-state index >= 15 is 0 Å². The Labute approximate surface area is 145 Å². The fourth-order valence-electron chi connectivity index (χ4n) is 2.27. The van der Waals surface area contributed by atoms with E-state index in [9.17, 15) is 14.9 Å². The van der Waals surface area contributed by atoms with Gasteiger partial charge in [0.15, 0.2) is 0 Å². The molecule has 1 N–H and O–H groups in total. The highest BCUT2D eigenvalue weighted by molar-refractivity contribution is 8.00. The second-order valence-electron chi connectivity index (χ2n) is 5.48. The molecule has 0 heterocycles. The van der Waals surface area contributed by atoms with Gasteiger partial charge in [0, 0.05) is 17.0 Å². The van der Waals surface area contributed by atoms with Crippen molar-refractivity contribution in [3.63, 3.8) is 0 Å². The number of carbonyl (C=O) groups excluding carboxylic acids is 1. The average molecular weight is 344 g/mol. The van der Waals surface area contributed by atoms with Crippen molar-refractivity contribution < 1.29 is 9.72 Å². The van der Waals surface area contributed by atoms with Crippen LogP contribution in [0.5, 0.6) is 0 Å². The van der Waals surface area contributed by atoms with Crippen molar-refractivity contribution in [1.82, 2.24) is 5.32 Å². The van der Waals surface area contributed by atoms with Crippen LogP contribution < -0.4 is 5.32 Å². The van der Waals surface area contributed by atoms with E-state index in [1.165, 1.54) is 29.5 Å². The number of hydrogen-bond donors (Lipinski definition) is 1. The van der Waals surface area contributed by atoms with Crippen molar-refractivity contribution in [3.8, 4) is 0 Å². The van der Waals surface area contributed by atoms with Crippen LogP contribution in [0.2, 0.25) is 0 Å². The number of carbonyl (C=O) groups is 1. The zero-order valence-corrected chi connectivity index (χ0v) is 14.5. The Morgan fingerprint density at radius 3 is 2.33 bits per heavy atom. The molecule has 0 radical (unpaired) electrons. The molecule has 2 aromatic carbocycles. The van der Waals surface area contributed by atoms with Crippen LogP contribution in [0.15, 0.2) is 53.4 Å². The third-order valence-corrected chi connectivity index (χ3v) is 4.65. The van der Waals surface area contributed by atoms with E-state index in [4.69, 9.17) is 0 Å². The highest BCUT2D eigenvalue weighted by Gasteiger charge is 2.13. The molecule has 0 aliphatic heterocycles. The van der Waals surface area contributed by atoms with E-state index in [-0.39, 0.29) is 23.4 Å². The fraction of sp³-hybridized carbons (Fsp3) is 0.278. The Bertz CT molecular complexity index is 699. The highest BCUT2D eigenvalue weighted by atomic mass is 32.2. The standard InChI is InChI=1S/C18H20N2O3S/c1-3-17(14-6-4-13(2)5-7-14)19-18(21)12-24-16-10-8-15(9-11-16)20(22)23/h4-11,17H,3,12H2,1-2H3,(H,19,21). The number of nitrogens with zero attached hydrogens (tertiary/aromatic N) is 1. The van der Waals surface area contributed by atoms with Crippen molar-refractivity contribution in [1.29, 1.82) is 0 Å². The molecule has 0 aromatic heterocycles. The van der Waals surface area contributed by atoms with Gasteiger partial charge in [0.2, 0.25) is 5.91 Å². The van der Waals surface area contributed by atoms with Gasteiger partial charge in [-0.2, -0.15) is 0 Å². The first-order valence-electron chi connectivity index (χ1n) is 7.72. The van der Waals surface area contributed by atoms with Crippen LogP contribution in [-0.2, 0) is 4.79 Å². The third-order valence-electron chi connectivity index (χ3n) is 3.64. The quantitative estimate of drug-likeness (QED) is 0.463. The van der Waals surface area contributed by atoms with Gasteiger partial charge in [0.1, 0.15) is 0 Å². The fourth-order valence-corrected chi connectivity index (χ4v) is 2.98. The van der Waals surface area contributed by atoms with E-state index < -0.39 is 4.92 Å². The average Bonchev–Trinajstić information content (AvgIpc) is 2.59. The van der Waals surface area contributed by atoms with Gasteiger partial charge in [0.05, 0.1) is 16.7 Å². The van der Waals surface area contributed by atoms with Crippen LogP contribution in [0, 0.1) is 17.0 Å².